The molecule has 0 saturated carbocycles. The number of furan rings is 2. The second-order valence-electron chi connectivity index (χ2n) is 5.40. The Morgan fingerprint density at radius 1 is 1.17 bits per heavy atom. The molecular formula is C17H11Cl2N3O2. The molecule has 0 aliphatic carbocycles. The van der Waals surface area contributed by atoms with Crippen LogP contribution in [-0.4, -0.2) is 15.7 Å². The molecule has 3 aromatic heterocycles. The molecule has 7 heteroatoms. The zero-order valence-corrected chi connectivity index (χ0v) is 14.0. The minimum Gasteiger partial charge on any atom is -0.456 e. The molecule has 0 atom stereocenters. The van der Waals surface area contributed by atoms with Crippen LogP contribution in [0.2, 0.25) is 10.0 Å². The van der Waals surface area contributed by atoms with Crippen LogP contribution < -0.4 is 5.32 Å². The Hall–Kier alpha value is -2.50. The number of fused-ring (bicyclic) bond motifs is 2. The minimum atomic E-state index is -0.276. The number of amides is 1. The molecule has 0 fully saturated rings. The van der Waals surface area contributed by atoms with Gasteiger partial charge in [-0.15, -0.1) is 0 Å². The van der Waals surface area contributed by atoms with Crippen molar-refractivity contribution in [2.45, 2.75) is 0 Å². The molecule has 0 spiro atoms. The summed E-state index contributed by atoms with van der Waals surface area (Å²) in [5.74, 6) is -0.276. The van der Waals surface area contributed by atoms with Crippen molar-refractivity contribution in [3.05, 3.63) is 58.3 Å². The molecule has 1 amide bonds. The average molecular weight is 360 g/mol. The second kappa shape index (κ2) is 5.54. The van der Waals surface area contributed by atoms with Crippen molar-refractivity contribution in [2.75, 3.05) is 5.32 Å². The number of halogens is 2. The summed E-state index contributed by atoms with van der Waals surface area (Å²) in [7, 11) is 1.82. The molecular weight excluding hydrogens is 349 g/mol. The van der Waals surface area contributed by atoms with Gasteiger partial charge in [0.2, 0.25) is 0 Å². The van der Waals surface area contributed by atoms with Crippen LogP contribution in [0.3, 0.4) is 0 Å². The predicted molar refractivity (Wildman–Crippen MR) is 94.0 cm³/mol. The number of nitrogens with zero attached hydrogens (tertiary/aromatic N) is 2. The van der Waals surface area contributed by atoms with Gasteiger partial charge in [0.25, 0.3) is 5.91 Å². The quantitative estimate of drug-likeness (QED) is 0.569. The van der Waals surface area contributed by atoms with Gasteiger partial charge < -0.3 is 9.73 Å². The van der Waals surface area contributed by atoms with Gasteiger partial charge in [0.1, 0.15) is 11.2 Å². The molecule has 0 radical (unpaired) electrons. The monoisotopic (exact) mass is 359 g/mol. The smallest absolute Gasteiger partial charge is 0.260 e. The summed E-state index contributed by atoms with van der Waals surface area (Å²) in [5, 5.41) is 7.80. The van der Waals surface area contributed by atoms with Crippen LogP contribution in [0.4, 0.5) is 5.69 Å². The van der Waals surface area contributed by atoms with E-state index < -0.39 is 0 Å². The summed E-state index contributed by atoms with van der Waals surface area (Å²) < 4.78 is 7.34. The van der Waals surface area contributed by atoms with E-state index in [9.17, 15) is 4.79 Å². The fraction of sp³-hybridized carbons (Fsp3) is 0.0588. The molecule has 120 valence electrons. The Morgan fingerprint density at radius 2 is 1.96 bits per heavy atom. The molecule has 0 aliphatic heterocycles. The standard InChI is InChI=1S/C17H11Cl2N3O2/c1-22-8-9(7-20-22)15-13-4-5-14(24-13)16(15)17(23)21-10-2-3-11(18)12(19)6-10/h2-8H,1H3,(H,21,23). The Kier molecular flexibility index (Phi) is 3.48. The maximum atomic E-state index is 12.8. The van der Waals surface area contributed by atoms with E-state index in [4.69, 9.17) is 27.6 Å². The Bertz CT molecular complexity index is 1050. The van der Waals surface area contributed by atoms with Crippen molar-refractivity contribution in [3.8, 4) is 11.1 Å². The summed E-state index contributed by atoms with van der Waals surface area (Å²) in [5.41, 5.74) is 3.78. The molecule has 4 aromatic rings. The van der Waals surface area contributed by atoms with Gasteiger partial charge in [0.05, 0.1) is 21.8 Å². The molecule has 2 bridgehead atoms. The van der Waals surface area contributed by atoms with Crippen LogP contribution in [0.15, 0.2) is 47.1 Å². The van der Waals surface area contributed by atoms with Crippen molar-refractivity contribution in [2.24, 2.45) is 7.05 Å². The third-order valence-electron chi connectivity index (χ3n) is 3.75. The van der Waals surface area contributed by atoms with Gasteiger partial charge >= 0.3 is 0 Å². The number of carbonyl (C=O) groups is 1. The van der Waals surface area contributed by atoms with E-state index in [-0.39, 0.29) is 5.91 Å². The van der Waals surface area contributed by atoms with E-state index >= 15 is 0 Å². The Labute approximate surface area is 147 Å². The first kappa shape index (κ1) is 15.1. The van der Waals surface area contributed by atoms with Crippen molar-refractivity contribution in [3.63, 3.8) is 0 Å². The number of anilines is 1. The van der Waals surface area contributed by atoms with Crippen LogP contribution in [0.25, 0.3) is 22.3 Å². The van der Waals surface area contributed by atoms with Crippen molar-refractivity contribution in [1.82, 2.24) is 9.78 Å². The first-order chi connectivity index (χ1) is 11.5. The van der Waals surface area contributed by atoms with Gasteiger partial charge in [0, 0.05) is 30.1 Å². The van der Waals surface area contributed by atoms with Crippen LogP contribution >= 0.6 is 23.2 Å². The van der Waals surface area contributed by atoms with E-state index in [1.54, 1.807) is 35.1 Å². The number of nitrogens with one attached hydrogen (secondary N) is 1. The molecule has 4 rings (SSSR count). The Morgan fingerprint density at radius 3 is 2.67 bits per heavy atom. The largest absolute Gasteiger partial charge is 0.456 e. The zero-order valence-electron chi connectivity index (χ0n) is 12.5. The van der Waals surface area contributed by atoms with Crippen LogP contribution in [0.1, 0.15) is 10.4 Å². The summed E-state index contributed by atoms with van der Waals surface area (Å²) in [6.45, 7) is 0. The fourth-order valence-corrected chi connectivity index (χ4v) is 2.98. The number of aryl methyl sites for hydroxylation is 1. The van der Waals surface area contributed by atoms with Crippen molar-refractivity contribution < 1.29 is 9.21 Å². The number of rotatable bonds is 3. The highest BCUT2D eigenvalue weighted by molar-refractivity contribution is 6.42. The van der Waals surface area contributed by atoms with Gasteiger partial charge in [-0.3, -0.25) is 9.48 Å². The first-order valence-corrected chi connectivity index (χ1v) is 7.89. The molecule has 3 heterocycles. The highest BCUT2D eigenvalue weighted by atomic mass is 35.5. The van der Waals surface area contributed by atoms with Crippen molar-refractivity contribution >= 4 is 46.0 Å². The summed E-state index contributed by atoms with van der Waals surface area (Å²) in [6, 6.07) is 8.55. The topological polar surface area (TPSA) is 60.1 Å². The summed E-state index contributed by atoms with van der Waals surface area (Å²) in [6.07, 6.45) is 3.54. The Balaban J connectivity index is 1.74. The van der Waals surface area contributed by atoms with Gasteiger partial charge in [0.15, 0.2) is 0 Å². The lowest BCUT2D eigenvalue weighted by molar-refractivity contribution is 0.102. The molecule has 0 aliphatic rings. The van der Waals surface area contributed by atoms with Crippen LogP contribution in [-0.2, 0) is 7.05 Å². The lowest BCUT2D eigenvalue weighted by Gasteiger charge is -2.07. The third kappa shape index (κ3) is 2.42. The van der Waals surface area contributed by atoms with E-state index in [2.05, 4.69) is 10.4 Å². The minimum absolute atomic E-state index is 0.276. The number of aromatic nitrogens is 2. The van der Waals surface area contributed by atoms with Gasteiger partial charge in [-0.1, -0.05) is 23.2 Å². The summed E-state index contributed by atoms with van der Waals surface area (Å²) in [4.78, 5) is 12.8. The number of benzene rings is 2. The van der Waals surface area contributed by atoms with E-state index in [0.717, 1.165) is 11.1 Å². The van der Waals surface area contributed by atoms with Crippen molar-refractivity contribution in [1.29, 1.82) is 0 Å². The lowest BCUT2D eigenvalue weighted by Crippen LogP contribution is -2.12. The SMILES string of the molecule is Cn1cc(-c2c(C(=O)Nc3ccc(Cl)c(Cl)c3)c3ccc2o3)cn1. The van der Waals surface area contributed by atoms with Gasteiger partial charge in [-0.2, -0.15) is 5.10 Å². The predicted octanol–water partition coefficient (Wildman–Crippen LogP) is 4.83. The molecule has 1 aromatic carbocycles. The molecule has 24 heavy (non-hydrogen) atoms. The maximum Gasteiger partial charge on any atom is 0.260 e. The normalized spacial score (nSPS) is 11.3. The first-order valence-electron chi connectivity index (χ1n) is 7.13. The molecule has 1 N–H and O–H groups in total. The number of carbonyl (C=O) groups excluding carboxylic acids is 1. The highest BCUT2D eigenvalue weighted by Crippen LogP contribution is 2.37. The second-order valence-corrected chi connectivity index (χ2v) is 6.21. The number of hydrogen-bond acceptors (Lipinski definition) is 3. The highest BCUT2D eigenvalue weighted by Gasteiger charge is 2.24. The number of hydrogen-bond donors (Lipinski definition) is 1. The zero-order chi connectivity index (χ0) is 16.8. The molecule has 5 nitrogen and oxygen atoms in total. The summed E-state index contributed by atoms with van der Waals surface area (Å²) >= 11 is 11.9. The van der Waals surface area contributed by atoms with E-state index in [1.165, 1.54) is 0 Å². The fourth-order valence-electron chi connectivity index (χ4n) is 2.68. The van der Waals surface area contributed by atoms with Gasteiger partial charge in [-0.05, 0) is 30.3 Å². The third-order valence-corrected chi connectivity index (χ3v) is 4.49. The van der Waals surface area contributed by atoms with E-state index in [0.29, 0.717) is 32.5 Å². The lowest BCUT2D eigenvalue weighted by atomic mass is 10.0. The maximum absolute atomic E-state index is 12.8. The average Bonchev–Trinajstić information content (AvgIpc) is 3.25. The van der Waals surface area contributed by atoms with E-state index in [1.807, 2.05) is 19.3 Å². The molecule has 0 unspecified atom stereocenters. The van der Waals surface area contributed by atoms with Gasteiger partial charge in [-0.25, -0.2) is 0 Å². The van der Waals surface area contributed by atoms with Crippen LogP contribution in [0.5, 0.6) is 0 Å². The molecule has 0 saturated heterocycles. The van der Waals surface area contributed by atoms with Crippen LogP contribution in [0, 0.1) is 0 Å².